The van der Waals surface area contributed by atoms with E-state index in [0.717, 1.165) is 12.2 Å². The van der Waals surface area contributed by atoms with E-state index in [1.807, 2.05) is 12.1 Å². The fraction of sp³-hybridized carbons (Fsp3) is 0.455. The Morgan fingerprint density at radius 3 is 3.08 bits per heavy atom. The molecule has 2 rings (SSSR count). The highest BCUT2D eigenvalue weighted by atomic mass is 16.5. The topological polar surface area (TPSA) is 18.5 Å². The van der Waals surface area contributed by atoms with Crippen molar-refractivity contribution in [2.75, 3.05) is 7.11 Å². The van der Waals surface area contributed by atoms with Crippen LogP contribution in [0.15, 0.2) is 18.2 Å². The lowest BCUT2D eigenvalue weighted by atomic mass is 9.99. The summed E-state index contributed by atoms with van der Waals surface area (Å²) in [5.74, 6) is 0.949. The standard InChI is InChI=1S/C11H14O2/c1-8-6-9-4-3-5-11(12-2)10(9)7-13-8/h3-5,8H,6-7H2,1-2H3. The fourth-order valence-corrected chi connectivity index (χ4v) is 1.75. The summed E-state index contributed by atoms with van der Waals surface area (Å²) in [6, 6.07) is 6.17. The van der Waals surface area contributed by atoms with Crippen molar-refractivity contribution in [2.24, 2.45) is 0 Å². The van der Waals surface area contributed by atoms with E-state index in [-0.39, 0.29) is 0 Å². The molecular formula is C11H14O2. The Bertz CT molecular complexity index is 307. The van der Waals surface area contributed by atoms with Crippen LogP contribution in [0.4, 0.5) is 0 Å². The van der Waals surface area contributed by atoms with Crippen LogP contribution in [-0.2, 0) is 17.8 Å². The van der Waals surface area contributed by atoms with E-state index in [9.17, 15) is 0 Å². The number of hydrogen-bond acceptors (Lipinski definition) is 2. The smallest absolute Gasteiger partial charge is 0.124 e. The van der Waals surface area contributed by atoms with Crippen molar-refractivity contribution in [1.82, 2.24) is 0 Å². The molecular weight excluding hydrogens is 164 g/mol. The number of fused-ring (bicyclic) bond motifs is 1. The highest BCUT2D eigenvalue weighted by Gasteiger charge is 2.17. The molecule has 70 valence electrons. The molecule has 0 N–H and O–H groups in total. The average Bonchev–Trinajstić information content (AvgIpc) is 2.16. The highest BCUT2D eigenvalue weighted by Crippen LogP contribution is 2.28. The lowest BCUT2D eigenvalue weighted by Gasteiger charge is -2.23. The molecule has 2 nitrogen and oxygen atoms in total. The molecule has 0 bridgehead atoms. The Labute approximate surface area is 78.5 Å². The van der Waals surface area contributed by atoms with Gasteiger partial charge in [0.25, 0.3) is 0 Å². The fourth-order valence-electron chi connectivity index (χ4n) is 1.75. The summed E-state index contributed by atoms with van der Waals surface area (Å²) in [7, 11) is 1.70. The van der Waals surface area contributed by atoms with Crippen molar-refractivity contribution in [2.45, 2.75) is 26.1 Å². The zero-order valence-corrected chi connectivity index (χ0v) is 8.04. The van der Waals surface area contributed by atoms with Crippen molar-refractivity contribution in [3.63, 3.8) is 0 Å². The molecule has 0 aromatic heterocycles. The molecule has 1 aromatic rings. The van der Waals surface area contributed by atoms with Gasteiger partial charge < -0.3 is 9.47 Å². The third kappa shape index (κ3) is 1.54. The van der Waals surface area contributed by atoms with Crippen LogP contribution in [0.5, 0.6) is 5.75 Å². The van der Waals surface area contributed by atoms with Gasteiger partial charge in [-0.25, -0.2) is 0 Å². The van der Waals surface area contributed by atoms with Gasteiger partial charge in [-0.2, -0.15) is 0 Å². The molecule has 1 aromatic carbocycles. The van der Waals surface area contributed by atoms with E-state index in [4.69, 9.17) is 9.47 Å². The van der Waals surface area contributed by atoms with Gasteiger partial charge in [0.1, 0.15) is 5.75 Å². The first-order chi connectivity index (χ1) is 6.31. The molecule has 0 aliphatic carbocycles. The van der Waals surface area contributed by atoms with Crippen LogP contribution in [-0.4, -0.2) is 13.2 Å². The molecule has 0 radical (unpaired) electrons. The predicted octanol–water partition coefficient (Wildman–Crippen LogP) is 2.16. The van der Waals surface area contributed by atoms with Crippen LogP contribution < -0.4 is 4.74 Å². The summed E-state index contributed by atoms with van der Waals surface area (Å²) in [4.78, 5) is 0. The molecule has 2 heteroatoms. The summed E-state index contributed by atoms with van der Waals surface area (Å²) in [6.45, 7) is 2.78. The van der Waals surface area contributed by atoms with Gasteiger partial charge in [0.05, 0.1) is 19.8 Å². The molecule has 1 heterocycles. The van der Waals surface area contributed by atoms with Crippen LogP contribution in [0.2, 0.25) is 0 Å². The van der Waals surface area contributed by atoms with E-state index in [1.165, 1.54) is 11.1 Å². The lowest BCUT2D eigenvalue weighted by Crippen LogP contribution is -2.19. The molecule has 0 saturated carbocycles. The Balaban J connectivity index is 2.39. The second-order valence-corrected chi connectivity index (χ2v) is 3.42. The van der Waals surface area contributed by atoms with E-state index >= 15 is 0 Å². The van der Waals surface area contributed by atoms with Gasteiger partial charge in [0.2, 0.25) is 0 Å². The zero-order valence-electron chi connectivity index (χ0n) is 8.04. The van der Waals surface area contributed by atoms with Crippen molar-refractivity contribution in [1.29, 1.82) is 0 Å². The Morgan fingerprint density at radius 2 is 2.31 bits per heavy atom. The first-order valence-electron chi connectivity index (χ1n) is 4.57. The maximum Gasteiger partial charge on any atom is 0.124 e. The van der Waals surface area contributed by atoms with Gasteiger partial charge in [-0.15, -0.1) is 0 Å². The minimum atomic E-state index is 0.333. The molecule has 0 saturated heterocycles. The summed E-state index contributed by atoms with van der Waals surface area (Å²) in [6.07, 6.45) is 1.33. The van der Waals surface area contributed by atoms with E-state index in [2.05, 4.69) is 13.0 Å². The van der Waals surface area contributed by atoms with Crippen LogP contribution in [0.3, 0.4) is 0 Å². The molecule has 0 amide bonds. The molecule has 1 atom stereocenters. The van der Waals surface area contributed by atoms with Gasteiger partial charge in [-0.1, -0.05) is 12.1 Å². The van der Waals surface area contributed by atoms with Crippen molar-refractivity contribution < 1.29 is 9.47 Å². The van der Waals surface area contributed by atoms with Crippen molar-refractivity contribution >= 4 is 0 Å². The molecule has 1 aliphatic heterocycles. The van der Waals surface area contributed by atoms with E-state index < -0.39 is 0 Å². The summed E-state index contributed by atoms with van der Waals surface area (Å²) in [5, 5.41) is 0. The Morgan fingerprint density at radius 1 is 1.46 bits per heavy atom. The van der Waals surface area contributed by atoms with Gasteiger partial charge in [0, 0.05) is 5.56 Å². The molecule has 1 aliphatic rings. The number of rotatable bonds is 1. The number of hydrogen-bond donors (Lipinski definition) is 0. The normalized spacial score (nSPS) is 20.9. The van der Waals surface area contributed by atoms with Gasteiger partial charge in [-0.3, -0.25) is 0 Å². The largest absolute Gasteiger partial charge is 0.496 e. The van der Waals surface area contributed by atoms with Gasteiger partial charge in [0.15, 0.2) is 0 Å². The molecule has 1 unspecified atom stereocenters. The minimum absolute atomic E-state index is 0.333. The summed E-state index contributed by atoms with van der Waals surface area (Å²) >= 11 is 0. The van der Waals surface area contributed by atoms with Crippen LogP contribution in [0, 0.1) is 0 Å². The summed E-state index contributed by atoms with van der Waals surface area (Å²) in [5.41, 5.74) is 2.57. The molecule has 0 fully saturated rings. The SMILES string of the molecule is COc1cccc2c1COC(C)C2. The molecule has 0 spiro atoms. The van der Waals surface area contributed by atoms with Crippen LogP contribution in [0.25, 0.3) is 0 Å². The Kier molecular flexibility index (Phi) is 2.23. The van der Waals surface area contributed by atoms with Gasteiger partial charge in [-0.05, 0) is 25.0 Å². The van der Waals surface area contributed by atoms with Crippen molar-refractivity contribution in [3.8, 4) is 5.75 Å². The monoisotopic (exact) mass is 178 g/mol. The first kappa shape index (κ1) is 8.57. The second-order valence-electron chi connectivity index (χ2n) is 3.42. The first-order valence-corrected chi connectivity index (χ1v) is 4.57. The molecule has 13 heavy (non-hydrogen) atoms. The third-order valence-corrected chi connectivity index (χ3v) is 2.47. The number of methoxy groups -OCH3 is 1. The number of benzene rings is 1. The van der Waals surface area contributed by atoms with E-state index in [0.29, 0.717) is 12.7 Å². The third-order valence-electron chi connectivity index (χ3n) is 2.47. The minimum Gasteiger partial charge on any atom is -0.496 e. The van der Waals surface area contributed by atoms with E-state index in [1.54, 1.807) is 7.11 Å². The van der Waals surface area contributed by atoms with Crippen molar-refractivity contribution in [3.05, 3.63) is 29.3 Å². The predicted molar refractivity (Wildman–Crippen MR) is 50.9 cm³/mol. The highest BCUT2D eigenvalue weighted by molar-refractivity contribution is 5.41. The lowest BCUT2D eigenvalue weighted by molar-refractivity contribution is 0.0396. The maximum atomic E-state index is 5.57. The quantitative estimate of drug-likeness (QED) is 0.656. The van der Waals surface area contributed by atoms with Crippen LogP contribution >= 0.6 is 0 Å². The van der Waals surface area contributed by atoms with Crippen LogP contribution in [0.1, 0.15) is 18.1 Å². The number of ether oxygens (including phenoxy) is 2. The van der Waals surface area contributed by atoms with Gasteiger partial charge >= 0.3 is 0 Å². The summed E-state index contributed by atoms with van der Waals surface area (Å²) < 4.78 is 10.8. The second kappa shape index (κ2) is 3.38. The Hall–Kier alpha value is -1.02. The zero-order chi connectivity index (χ0) is 9.26. The average molecular weight is 178 g/mol. The maximum absolute atomic E-state index is 5.57.